The first-order valence-electron chi connectivity index (χ1n) is 13.3. The number of rotatable bonds is 10. The number of benzene rings is 3. The predicted octanol–water partition coefficient (Wildman–Crippen LogP) is 4.87. The molecule has 0 saturated heterocycles. The Hall–Kier alpha value is -5.44. The van der Waals surface area contributed by atoms with Crippen LogP contribution in [0.15, 0.2) is 79.1 Å². The van der Waals surface area contributed by atoms with E-state index in [9.17, 15) is 27.2 Å². The number of nitrogens with one attached hydrogen (secondary N) is 1. The summed E-state index contributed by atoms with van der Waals surface area (Å²) in [5.41, 5.74) is 1.16. The van der Waals surface area contributed by atoms with Crippen LogP contribution >= 0.6 is 0 Å². The largest absolute Gasteiger partial charge is 0.493 e. The third kappa shape index (κ3) is 8.81. The SMILES string of the molecule is COC(=O)CC(NC(=O)[C@@H](c1ccc(OC)c(OC)c1)N(N)c1ccc2cnccc2c1)c1ccccc1F.O=C(O)C(F)(F)F. The molecule has 15 heteroatoms. The van der Waals surface area contributed by atoms with Crippen molar-refractivity contribution in [3.05, 3.63) is 96.1 Å². The van der Waals surface area contributed by atoms with Crippen LogP contribution in [0, 0.1) is 5.82 Å². The van der Waals surface area contributed by atoms with Gasteiger partial charge in [-0.3, -0.25) is 19.6 Å². The Balaban J connectivity index is 0.000000738. The minimum atomic E-state index is -5.08. The van der Waals surface area contributed by atoms with Gasteiger partial charge >= 0.3 is 18.1 Å². The number of anilines is 1. The molecule has 0 saturated carbocycles. The number of hydrazine groups is 1. The van der Waals surface area contributed by atoms with Crippen molar-refractivity contribution in [2.75, 3.05) is 26.3 Å². The first kappa shape index (κ1) is 35.0. The summed E-state index contributed by atoms with van der Waals surface area (Å²) in [5, 5.41) is 13.0. The molecule has 1 aromatic heterocycles. The quantitative estimate of drug-likeness (QED) is 0.0942. The van der Waals surface area contributed by atoms with Crippen molar-refractivity contribution in [3.63, 3.8) is 0 Å². The number of nitrogens with zero attached hydrogens (tertiary/aromatic N) is 2. The first-order chi connectivity index (χ1) is 21.8. The van der Waals surface area contributed by atoms with Crippen LogP contribution < -0.4 is 25.6 Å². The fourth-order valence-corrected chi connectivity index (χ4v) is 4.34. The van der Waals surface area contributed by atoms with Crippen molar-refractivity contribution in [2.45, 2.75) is 24.7 Å². The van der Waals surface area contributed by atoms with Gasteiger partial charge in [0, 0.05) is 23.3 Å². The molecule has 244 valence electrons. The number of amides is 1. The standard InChI is InChI=1S/C29H29FN4O5.C2HF3O2/c1-37-25-11-9-19(15-26(25)38-2)28(34(31)21-10-8-20-17-32-13-12-18(20)14-21)29(36)33-24(16-27(35)39-3)22-6-4-5-7-23(22)30;3-2(4,5)1(6)7/h4-15,17,24,28H,16,31H2,1-3H3,(H,33,36);(H,6,7)/t24?,28-;/m1./s1. The van der Waals surface area contributed by atoms with Gasteiger partial charge in [0.05, 0.1) is 39.5 Å². The van der Waals surface area contributed by atoms with Crippen LogP contribution in [0.3, 0.4) is 0 Å². The highest BCUT2D eigenvalue weighted by Gasteiger charge is 2.38. The lowest BCUT2D eigenvalue weighted by Gasteiger charge is -2.31. The molecule has 0 bridgehead atoms. The van der Waals surface area contributed by atoms with Gasteiger partial charge < -0.3 is 24.6 Å². The maximum atomic E-state index is 14.7. The Bertz CT molecular complexity index is 1690. The molecule has 11 nitrogen and oxygen atoms in total. The minimum absolute atomic E-state index is 0.143. The van der Waals surface area contributed by atoms with Crippen molar-refractivity contribution in [3.8, 4) is 11.5 Å². The molecule has 1 heterocycles. The van der Waals surface area contributed by atoms with Gasteiger partial charge in [-0.2, -0.15) is 13.2 Å². The molecule has 0 aliphatic rings. The molecule has 0 aliphatic carbocycles. The summed E-state index contributed by atoms with van der Waals surface area (Å²) in [7, 11) is 4.22. The van der Waals surface area contributed by atoms with Crippen molar-refractivity contribution in [1.29, 1.82) is 0 Å². The zero-order valence-electron chi connectivity index (χ0n) is 24.7. The Morgan fingerprint density at radius 2 is 1.63 bits per heavy atom. The Morgan fingerprint density at radius 3 is 2.24 bits per heavy atom. The van der Waals surface area contributed by atoms with Gasteiger partial charge in [0.25, 0.3) is 0 Å². The van der Waals surface area contributed by atoms with Gasteiger partial charge in [0.2, 0.25) is 5.91 Å². The van der Waals surface area contributed by atoms with Crippen molar-refractivity contribution in [2.24, 2.45) is 5.84 Å². The molecule has 4 aromatic rings. The van der Waals surface area contributed by atoms with E-state index in [1.807, 2.05) is 18.2 Å². The summed E-state index contributed by atoms with van der Waals surface area (Å²) < 4.78 is 62.1. The number of pyridine rings is 1. The number of fused-ring (bicyclic) bond motifs is 1. The summed E-state index contributed by atoms with van der Waals surface area (Å²) in [6.45, 7) is 0. The number of carboxylic acids is 1. The maximum Gasteiger partial charge on any atom is 0.490 e. The molecule has 46 heavy (non-hydrogen) atoms. The number of nitrogens with two attached hydrogens (primary N) is 1. The van der Waals surface area contributed by atoms with E-state index >= 15 is 0 Å². The van der Waals surface area contributed by atoms with Crippen molar-refractivity contribution >= 4 is 34.3 Å². The third-order valence-corrected chi connectivity index (χ3v) is 6.61. The van der Waals surface area contributed by atoms with Gasteiger partial charge in [-0.25, -0.2) is 15.0 Å². The first-order valence-corrected chi connectivity index (χ1v) is 13.3. The molecular formula is C31H30F4N4O7. The van der Waals surface area contributed by atoms with Crippen molar-refractivity contribution in [1.82, 2.24) is 10.3 Å². The molecule has 0 spiro atoms. The number of carboxylic acid groups (broad SMARTS) is 1. The zero-order valence-corrected chi connectivity index (χ0v) is 24.7. The smallest absolute Gasteiger partial charge is 0.490 e. The number of carbonyl (C=O) groups is 3. The number of aromatic nitrogens is 1. The van der Waals surface area contributed by atoms with Crippen molar-refractivity contribution < 1.29 is 51.3 Å². The summed E-state index contributed by atoms with van der Waals surface area (Å²) >= 11 is 0. The summed E-state index contributed by atoms with van der Waals surface area (Å²) in [6.07, 6.45) is -1.98. The summed E-state index contributed by atoms with van der Waals surface area (Å²) in [6, 6.07) is 16.1. The molecule has 4 rings (SSSR count). The van der Waals surface area contributed by atoms with E-state index in [2.05, 4.69) is 10.3 Å². The van der Waals surface area contributed by atoms with E-state index in [-0.39, 0.29) is 12.0 Å². The number of hydrogen-bond donors (Lipinski definition) is 3. The van der Waals surface area contributed by atoms with Crippen LogP contribution in [0.25, 0.3) is 10.8 Å². The molecule has 1 amide bonds. The Morgan fingerprint density at radius 1 is 0.957 bits per heavy atom. The molecule has 0 aliphatic heterocycles. The average Bonchev–Trinajstić information content (AvgIpc) is 3.04. The van der Waals surface area contributed by atoms with Gasteiger partial charge in [-0.05, 0) is 47.3 Å². The predicted molar refractivity (Wildman–Crippen MR) is 158 cm³/mol. The highest BCUT2D eigenvalue weighted by molar-refractivity contribution is 5.90. The second kappa shape index (κ2) is 15.5. The molecule has 2 atom stereocenters. The molecule has 0 radical (unpaired) electrons. The van der Waals surface area contributed by atoms with E-state index in [1.165, 1.54) is 44.5 Å². The minimum Gasteiger partial charge on any atom is -0.493 e. The molecule has 1 unspecified atom stereocenters. The number of carbonyl (C=O) groups excluding carboxylic acids is 2. The monoisotopic (exact) mass is 646 g/mol. The van der Waals surface area contributed by atoms with E-state index in [1.54, 1.807) is 42.7 Å². The van der Waals surface area contributed by atoms with E-state index in [0.29, 0.717) is 22.7 Å². The maximum absolute atomic E-state index is 14.7. The number of alkyl halides is 3. The third-order valence-electron chi connectivity index (χ3n) is 6.61. The number of ether oxygens (including phenoxy) is 3. The van der Waals surface area contributed by atoms with Gasteiger partial charge in [-0.15, -0.1) is 0 Å². The number of esters is 1. The highest BCUT2D eigenvalue weighted by Crippen LogP contribution is 2.34. The number of hydrogen-bond acceptors (Lipinski definition) is 9. The van der Waals surface area contributed by atoms with Crippen LogP contribution in [0.1, 0.15) is 29.6 Å². The van der Waals surface area contributed by atoms with Crippen LogP contribution in [-0.4, -0.2) is 55.4 Å². The molecule has 3 aromatic carbocycles. The highest BCUT2D eigenvalue weighted by atomic mass is 19.4. The van der Waals surface area contributed by atoms with Crippen LogP contribution in [0.2, 0.25) is 0 Å². The Kier molecular flexibility index (Phi) is 11.8. The van der Waals surface area contributed by atoms with Gasteiger partial charge in [0.1, 0.15) is 11.9 Å². The van der Waals surface area contributed by atoms with Gasteiger partial charge in [0.15, 0.2) is 11.5 Å². The molecule has 0 fully saturated rings. The fourth-order valence-electron chi connectivity index (χ4n) is 4.34. The Labute approximate surface area is 260 Å². The zero-order chi connectivity index (χ0) is 34.0. The summed E-state index contributed by atoms with van der Waals surface area (Å²) in [5.74, 6) is 2.97. The normalized spacial score (nSPS) is 12.2. The number of aliphatic carboxylic acids is 1. The molecule has 4 N–H and O–H groups in total. The number of halogens is 4. The number of methoxy groups -OCH3 is 3. The second-order valence-corrected chi connectivity index (χ2v) is 9.50. The lowest BCUT2D eigenvalue weighted by Crippen LogP contribution is -2.46. The molecular weight excluding hydrogens is 616 g/mol. The summed E-state index contributed by atoms with van der Waals surface area (Å²) in [4.78, 5) is 39.2. The van der Waals surface area contributed by atoms with E-state index in [4.69, 9.17) is 30.0 Å². The van der Waals surface area contributed by atoms with Gasteiger partial charge in [-0.1, -0.05) is 30.3 Å². The lowest BCUT2D eigenvalue weighted by molar-refractivity contribution is -0.192. The topological polar surface area (TPSA) is 153 Å². The van der Waals surface area contributed by atoms with E-state index < -0.39 is 41.9 Å². The van der Waals surface area contributed by atoms with Crippen LogP contribution in [0.5, 0.6) is 11.5 Å². The van der Waals surface area contributed by atoms with Crippen LogP contribution in [-0.2, 0) is 19.1 Å². The van der Waals surface area contributed by atoms with E-state index in [0.717, 1.165) is 10.8 Å². The second-order valence-electron chi connectivity index (χ2n) is 9.50. The average molecular weight is 647 g/mol. The fraction of sp³-hybridized carbons (Fsp3) is 0.226. The lowest BCUT2D eigenvalue weighted by atomic mass is 9.99. The van der Waals surface area contributed by atoms with Crippen LogP contribution in [0.4, 0.5) is 23.2 Å².